The van der Waals surface area contributed by atoms with Gasteiger partial charge in [0, 0.05) is 6.54 Å². The van der Waals surface area contributed by atoms with Gasteiger partial charge < -0.3 is 57.4 Å². The number of alkyl carbamates (subject to hydrolysis) is 1. The van der Waals surface area contributed by atoms with Gasteiger partial charge in [-0.05, 0) is 20.8 Å². The van der Waals surface area contributed by atoms with Crippen LogP contribution in [0.3, 0.4) is 0 Å². The summed E-state index contributed by atoms with van der Waals surface area (Å²) in [6.07, 6.45) is -0.455. The SMILES string of the molecule is CC(C)(C)OC(=O)NCCOCCOCCOCCOCCOCCOCCOCCOCCOCCOCCF. The molecule has 0 aliphatic rings. The molecule has 0 aromatic carbocycles. The van der Waals surface area contributed by atoms with E-state index >= 15 is 0 Å². The third kappa shape index (κ3) is 36.8. The number of alkyl halides is 1. The summed E-state index contributed by atoms with van der Waals surface area (Å²) in [5.41, 5.74) is -0.512. The van der Waals surface area contributed by atoms with E-state index < -0.39 is 18.4 Å². The van der Waals surface area contributed by atoms with Gasteiger partial charge in [-0.2, -0.15) is 0 Å². The van der Waals surface area contributed by atoms with E-state index in [9.17, 15) is 9.18 Å². The minimum atomic E-state index is -0.512. The molecule has 0 aromatic rings. The molecular formula is C27H54FNO12. The van der Waals surface area contributed by atoms with Crippen LogP contribution >= 0.6 is 0 Å². The van der Waals surface area contributed by atoms with Gasteiger partial charge in [-0.25, -0.2) is 9.18 Å². The highest BCUT2D eigenvalue weighted by Crippen LogP contribution is 2.06. The van der Waals surface area contributed by atoms with Crippen LogP contribution in [-0.4, -0.2) is 157 Å². The first kappa shape index (κ1) is 39.8. The zero-order valence-electron chi connectivity index (χ0n) is 25.3. The molecule has 14 heteroatoms. The van der Waals surface area contributed by atoms with E-state index in [2.05, 4.69) is 5.32 Å². The first-order valence-electron chi connectivity index (χ1n) is 14.3. The summed E-state index contributed by atoms with van der Waals surface area (Å²) >= 11 is 0. The lowest BCUT2D eigenvalue weighted by Crippen LogP contribution is -2.34. The molecule has 0 radical (unpaired) electrons. The summed E-state index contributed by atoms with van der Waals surface area (Å²) in [4.78, 5) is 11.5. The van der Waals surface area contributed by atoms with Crippen molar-refractivity contribution in [1.82, 2.24) is 5.32 Å². The van der Waals surface area contributed by atoms with Crippen molar-refractivity contribution >= 4 is 6.09 Å². The van der Waals surface area contributed by atoms with Crippen molar-refractivity contribution in [3.05, 3.63) is 0 Å². The van der Waals surface area contributed by atoms with E-state index in [1.54, 1.807) is 0 Å². The Bertz CT molecular complexity index is 543. The number of carbonyl (C=O) groups excluding carboxylic acids is 1. The molecule has 0 aliphatic carbocycles. The predicted octanol–water partition coefficient (Wildman–Crippen LogP) is 1.65. The maximum Gasteiger partial charge on any atom is 0.407 e. The van der Waals surface area contributed by atoms with E-state index in [0.29, 0.717) is 132 Å². The Labute approximate surface area is 244 Å². The molecule has 0 spiro atoms. The molecule has 1 amide bonds. The Morgan fingerprint density at radius 3 is 0.951 bits per heavy atom. The second-order valence-corrected chi connectivity index (χ2v) is 9.24. The topological polar surface area (TPSA) is 131 Å². The maximum absolute atomic E-state index is 11.8. The van der Waals surface area contributed by atoms with E-state index in [-0.39, 0.29) is 6.61 Å². The van der Waals surface area contributed by atoms with E-state index in [1.807, 2.05) is 20.8 Å². The number of nitrogens with one attached hydrogen (secondary N) is 1. The molecule has 0 heterocycles. The molecule has 0 saturated carbocycles. The molecule has 0 rings (SSSR count). The number of hydrogen-bond donors (Lipinski definition) is 1. The molecule has 0 bridgehead atoms. The summed E-state index contributed by atoms with van der Waals surface area (Å²) in [5.74, 6) is 0. The third-order valence-corrected chi connectivity index (χ3v) is 4.48. The lowest BCUT2D eigenvalue weighted by atomic mass is 10.2. The van der Waals surface area contributed by atoms with Gasteiger partial charge in [0.1, 0.15) is 12.3 Å². The van der Waals surface area contributed by atoms with E-state index in [4.69, 9.17) is 52.1 Å². The normalized spacial score (nSPS) is 11.7. The Morgan fingerprint density at radius 2 is 0.707 bits per heavy atom. The molecule has 0 fully saturated rings. The molecule has 0 atom stereocenters. The summed E-state index contributed by atoms with van der Waals surface area (Å²) in [7, 11) is 0. The first-order chi connectivity index (χ1) is 20.0. The van der Waals surface area contributed by atoms with Gasteiger partial charge in [-0.1, -0.05) is 0 Å². The zero-order valence-corrected chi connectivity index (χ0v) is 25.3. The minimum absolute atomic E-state index is 0.110. The van der Waals surface area contributed by atoms with Crippen molar-refractivity contribution in [2.75, 3.05) is 145 Å². The average Bonchev–Trinajstić information content (AvgIpc) is 2.92. The maximum atomic E-state index is 11.8. The number of amides is 1. The molecule has 0 saturated heterocycles. The smallest absolute Gasteiger partial charge is 0.407 e. The summed E-state index contributed by atoms with van der Waals surface area (Å²) in [6.45, 7) is 14.3. The minimum Gasteiger partial charge on any atom is -0.444 e. The van der Waals surface area contributed by atoms with Crippen LogP contribution < -0.4 is 5.32 Å². The quantitative estimate of drug-likeness (QED) is 0.112. The van der Waals surface area contributed by atoms with Crippen molar-refractivity contribution in [3.8, 4) is 0 Å². The number of carbonyl (C=O) groups is 1. The summed E-state index contributed by atoms with van der Waals surface area (Å²) < 4.78 is 70.5. The Morgan fingerprint density at radius 1 is 0.463 bits per heavy atom. The van der Waals surface area contributed by atoms with Crippen LogP contribution in [-0.2, 0) is 52.1 Å². The molecule has 41 heavy (non-hydrogen) atoms. The van der Waals surface area contributed by atoms with Crippen molar-refractivity contribution in [2.45, 2.75) is 26.4 Å². The van der Waals surface area contributed by atoms with Crippen molar-refractivity contribution in [1.29, 1.82) is 0 Å². The van der Waals surface area contributed by atoms with Crippen molar-refractivity contribution < 1.29 is 61.3 Å². The van der Waals surface area contributed by atoms with Gasteiger partial charge >= 0.3 is 6.09 Å². The molecular weight excluding hydrogens is 549 g/mol. The Balaban J connectivity index is 3.09. The Kier molecular flexibility index (Phi) is 30.8. The summed E-state index contributed by atoms with van der Waals surface area (Å²) in [6, 6.07) is 0. The third-order valence-electron chi connectivity index (χ3n) is 4.48. The van der Waals surface area contributed by atoms with Crippen LogP contribution in [0, 0.1) is 0 Å². The van der Waals surface area contributed by atoms with Gasteiger partial charge in [0.2, 0.25) is 0 Å². The molecule has 0 aromatic heterocycles. The highest BCUT2D eigenvalue weighted by atomic mass is 19.1. The van der Waals surface area contributed by atoms with Crippen LogP contribution in [0.15, 0.2) is 0 Å². The van der Waals surface area contributed by atoms with E-state index in [1.165, 1.54) is 0 Å². The van der Waals surface area contributed by atoms with Crippen LogP contribution in [0.5, 0.6) is 0 Å². The number of halogens is 1. The lowest BCUT2D eigenvalue weighted by molar-refractivity contribution is -0.0265. The molecule has 1 N–H and O–H groups in total. The number of rotatable bonds is 32. The first-order valence-corrected chi connectivity index (χ1v) is 14.3. The zero-order chi connectivity index (χ0) is 30.1. The predicted molar refractivity (Wildman–Crippen MR) is 148 cm³/mol. The monoisotopic (exact) mass is 603 g/mol. The standard InChI is InChI=1S/C27H54FNO12/c1-27(2,3)41-26(30)29-5-7-32-9-11-34-13-15-36-17-19-38-21-23-40-25-24-39-22-20-37-18-16-35-14-12-33-10-8-31-6-4-28/h4-25H2,1-3H3,(H,29,30). The molecule has 0 aliphatic heterocycles. The average molecular weight is 604 g/mol. The fraction of sp³-hybridized carbons (Fsp3) is 0.963. The van der Waals surface area contributed by atoms with Crippen LogP contribution in [0.25, 0.3) is 0 Å². The van der Waals surface area contributed by atoms with Crippen LogP contribution in [0.2, 0.25) is 0 Å². The van der Waals surface area contributed by atoms with Gasteiger partial charge in [-0.3, -0.25) is 0 Å². The number of hydrogen-bond acceptors (Lipinski definition) is 12. The Hall–Kier alpha value is -1.20. The molecule has 246 valence electrons. The molecule has 13 nitrogen and oxygen atoms in total. The fourth-order valence-corrected chi connectivity index (χ4v) is 2.68. The van der Waals surface area contributed by atoms with Gasteiger partial charge in [-0.15, -0.1) is 0 Å². The van der Waals surface area contributed by atoms with Crippen molar-refractivity contribution in [2.24, 2.45) is 0 Å². The van der Waals surface area contributed by atoms with Crippen LogP contribution in [0.1, 0.15) is 20.8 Å². The van der Waals surface area contributed by atoms with E-state index in [0.717, 1.165) is 0 Å². The highest BCUT2D eigenvalue weighted by molar-refractivity contribution is 5.67. The lowest BCUT2D eigenvalue weighted by Gasteiger charge is -2.19. The van der Waals surface area contributed by atoms with Crippen molar-refractivity contribution in [3.63, 3.8) is 0 Å². The number of ether oxygens (including phenoxy) is 11. The van der Waals surface area contributed by atoms with Gasteiger partial charge in [0.15, 0.2) is 0 Å². The van der Waals surface area contributed by atoms with Gasteiger partial charge in [0.05, 0.1) is 132 Å². The largest absolute Gasteiger partial charge is 0.444 e. The highest BCUT2D eigenvalue weighted by Gasteiger charge is 2.15. The second kappa shape index (κ2) is 31.7. The molecule has 0 unspecified atom stereocenters. The summed E-state index contributed by atoms with van der Waals surface area (Å²) in [5, 5.41) is 2.62. The second-order valence-electron chi connectivity index (χ2n) is 9.24. The van der Waals surface area contributed by atoms with Crippen LogP contribution in [0.4, 0.5) is 9.18 Å². The van der Waals surface area contributed by atoms with Gasteiger partial charge in [0.25, 0.3) is 0 Å². The fourth-order valence-electron chi connectivity index (χ4n) is 2.68.